The minimum Gasteiger partial charge on any atom is -0.481 e. The maximum absolute atomic E-state index is 11.4. The van der Waals surface area contributed by atoms with Gasteiger partial charge in [0.25, 0.3) is 0 Å². The Labute approximate surface area is 123 Å². The van der Waals surface area contributed by atoms with Crippen molar-refractivity contribution >= 4 is 22.6 Å². The normalized spacial score (nSPS) is 12.0. The fourth-order valence-corrected chi connectivity index (χ4v) is 2.34. The van der Waals surface area contributed by atoms with Gasteiger partial charge in [0.2, 0.25) is 5.91 Å². The van der Waals surface area contributed by atoms with E-state index in [9.17, 15) is 14.7 Å². The predicted molar refractivity (Wildman–Crippen MR) is 82.1 cm³/mol. The fraction of sp³-hybridized carbons (Fsp3) is 0.294. The first-order chi connectivity index (χ1) is 10.1. The Morgan fingerprint density at radius 3 is 2.57 bits per heavy atom. The molecule has 0 bridgehead atoms. The maximum atomic E-state index is 11.4. The molecule has 2 rings (SSSR count). The quantitative estimate of drug-likeness (QED) is 0.857. The molecule has 2 N–H and O–H groups in total. The Morgan fingerprint density at radius 1 is 1.14 bits per heavy atom. The summed E-state index contributed by atoms with van der Waals surface area (Å²) < 4.78 is 0. The van der Waals surface area contributed by atoms with Crippen molar-refractivity contribution < 1.29 is 14.7 Å². The van der Waals surface area contributed by atoms with E-state index in [1.807, 2.05) is 42.5 Å². The molecule has 0 aliphatic rings. The molecule has 1 unspecified atom stereocenters. The summed E-state index contributed by atoms with van der Waals surface area (Å²) in [6.07, 6.45) is 0.765. The average molecular weight is 285 g/mol. The predicted octanol–water partition coefficient (Wildman–Crippen LogP) is 2.61. The monoisotopic (exact) mass is 285 g/mol. The van der Waals surface area contributed by atoms with Crippen LogP contribution in [0.1, 0.15) is 18.9 Å². The molecular weight excluding hydrogens is 266 g/mol. The Morgan fingerprint density at radius 2 is 1.86 bits per heavy atom. The summed E-state index contributed by atoms with van der Waals surface area (Å²) in [7, 11) is 0. The molecule has 21 heavy (non-hydrogen) atoms. The van der Waals surface area contributed by atoms with Crippen LogP contribution in [0.3, 0.4) is 0 Å². The third-order valence-electron chi connectivity index (χ3n) is 3.56. The van der Waals surface area contributed by atoms with Gasteiger partial charge in [0.1, 0.15) is 0 Å². The zero-order valence-electron chi connectivity index (χ0n) is 12.0. The van der Waals surface area contributed by atoms with Gasteiger partial charge in [-0.2, -0.15) is 0 Å². The van der Waals surface area contributed by atoms with Crippen LogP contribution in [0.2, 0.25) is 0 Å². The number of carbonyl (C=O) groups is 2. The molecule has 110 valence electrons. The average Bonchev–Trinajstić information content (AvgIpc) is 2.50. The number of hydrogen-bond donors (Lipinski definition) is 2. The van der Waals surface area contributed by atoms with Gasteiger partial charge in [-0.3, -0.25) is 9.59 Å². The number of carbonyl (C=O) groups excluding carboxylic acids is 1. The van der Waals surface area contributed by atoms with Crippen LogP contribution in [0.5, 0.6) is 0 Å². The van der Waals surface area contributed by atoms with E-state index in [1.165, 1.54) is 0 Å². The number of rotatable bonds is 6. The van der Waals surface area contributed by atoms with Crippen molar-refractivity contribution in [1.82, 2.24) is 5.32 Å². The Balaban J connectivity index is 2.19. The number of nitrogens with one attached hydrogen (secondary N) is 1. The van der Waals surface area contributed by atoms with Crippen molar-refractivity contribution in [3.8, 4) is 0 Å². The lowest BCUT2D eigenvalue weighted by molar-refractivity contribution is -0.141. The van der Waals surface area contributed by atoms with Gasteiger partial charge in [-0.05, 0) is 22.8 Å². The first kappa shape index (κ1) is 15.0. The summed E-state index contributed by atoms with van der Waals surface area (Å²) in [5.74, 6) is -1.63. The van der Waals surface area contributed by atoms with E-state index in [2.05, 4.69) is 5.32 Å². The molecule has 0 heterocycles. The second-order valence-corrected chi connectivity index (χ2v) is 5.04. The van der Waals surface area contributed by atoms with Crippen LogP contribution in [-0.2, 0) is 16.0 Å². The third kappa shape index (κ3) is 3.81. The molecule has 0 spiro atoms. The molecule has 0 aliphatic carbocycles. The van der Waals surface area contributed by atoms with Gasteiger partial charge in [0.15, 0.2) is 0 Å². The van der Waals surface area contributed by atoms with Gasteiger partial charge >= 0.3 is 5.97 Å². The summed E-state index contributed by atoms with van der Waals surface area (Å²) in [6, 6.07) is 13.8. The number of fused-ring (bicyclic) bond motifs is 1. The molecule has 0 saturated carbocycles. The first-order valence-electron chi connectivity index (χ1n) is 7.08. The lowest BCUT2D eigenvalue weighted by atomic mass is 9.95. The second kappa shape index (κ2) is 6.88. The summed E-state index contributed by atoms with van der Waals surface area (Å²) in [5.41, 5.74) is 0.992. The van der Waals surface area contributed by atoms with E-state index in [4.69, 9.17) is 0 Å². The molecule has 2 aromatic carbocycles. The second-order valence-electron chi connectivity index (χ2n) is 5.04. The topological polar surface area (TPSA) is 66.4 Å². The van der Waals surface area contributed by atoms with E-state index in [0.717, 1.165) is 16.3 Å². The number of aliphatic carboxylic acids is 1. The highest BCUT2D eigenvalue weighted by Gasteiger charge is 2.19. The SMILES string of the molecule is CCC(=O)NCC(Cc1cccc2ccccc12)C(=O)O. The Kier molecular flexibility index (Phi) is 4.93. The molecule has 0 aliphatic heterocycles. The van der Waals surface area contributed by atoms with Crippen molar-refractivity contribution in [3.05, 3.63) is 48.0 Å². The number of amides is 1. The molecular formula is C17H19NO3. The van der Waals surface area contributed by atoms with Gasteiger partial charge in [0, 0.05) is 13.0 Å². The standard InChI is InChI=1S/C17H19NO3/c1-2-16(19)18-11-14(17(20)21)10-13-8-5-7-12-6-3-4-9-15(12)13/h3-9,14H,2,10-11H2,1H3,(H,18,19)(H,20,21). The molecule has 1 amide bonds. The summed E-state index contributed by atoms with van der Waals surface area (Å²) in [5, 5.41) is 14.2. The van der Waals surface area contributed by atoms with Crippen LogP contribution in [0, 0.1) is 5.92 Å². The lowest BCUT2D eigenvalue weighted by Gasteiger charge is -2.14. The van der Waals surface area contributed by atoms with E-state index >= 15 is 0 Å². The summed E-state index contributed by atoms with van der Waals surface area (Å²) in [4.78, 5) is 22.7. The minimum atomic E-state index is -0.890. The molecule has 1 atom stereocenters. The third-order valence-corrected chi connectivity index (χ3v) is 3.56. The van der Waals surface area contributed by atoms with E-state index in [0.29, 0.717) is 12.8 Å². The van der Waals surface area contributed by atoms with Crippen LogP contribution >= 0.6 is 0 Å². The van der Waals surface area contributed by atoms with E-state index < -0.39 is 11.9 Å². The number of hydrogen-bond acceptors (Lipinski definition) is 2. The van der Waals surface area contributed by atoms with Crippen LogP contribution in [-0.4, -0.2) is 23.5 Å². The molecule has 0 aromatic heterocycles. The van der Waals surface area contributed by atoms with Gasteiger partial charge in [-0.25, -0.2) is 0 Å². The van der Waals surface area contributed by atoms with E-state index in [1.54, 1.807) is 6.92 Å². The number of carboxylic acid groups (broad SMARTS) is 1. The van der Waals surface area contributed by atoms with Crippen LogP contribution in [0.15, 0.2) is 42.5 Å². The molecule has 0 radical (unpaired) electrons. The minimum absolute atomic E-state index is 0.126. The van der Waals surface area contributed by atoms with Crippen molar-refractivity contribution in [1.29, 1.82) is 0 Å². The summed E-state index contributed by atoms with van der Waals surface area (Å²) in [6.45, 7) is 1.90. The van der Waals surface area contributed by atoms with Crippen molar-refractivity contribution in [2.45, 2.75) is 19.8 Å². The summed E-state index contributed by atoms with van der Waals surface area (Å²) >= 11 is 0. The highest BCUT2D eigenvalue weighted by molar-refractivity contribution is 5.86. The zero-order chi connectivity index (χ0) is 15.2. The molecule has 0 fully saturated rings. The van der Waals surface area contributed by atoms with Gasteiger partial charge in [0.05, 0.1) is 5.92 Å². The first-order valence-corrected chi connectivity index (χ1v) is 7.08. The van der Waals surface area contributed by atoms with Crippen molar-refractivity contribution in [2.75, 3.05) is 6.54 Å². The molecule has 2 aromatic rings. The van der Waals surface area contributed by atoms with Crippen LogP contribution in [0.4, 0.5) is 0 Å². The maximum Gasteiger partial charge on any atom is 0.308 e. The zero-order valence-corrected chi connectivity index (χ0v) is 12.0. The van der Waals surface area contributed by atoms with Crippen LogP contribution < -0.4 is 5.32 Å². The Hall–Kier alpha value is -2.36. The van der Waals surface area contributed by atoms with Crippen molar-refractivity contribution in [2.24, 2.45) is 5.92 Å². The van der Waals surface area contributed by atoms with Gasteiger partial charge in [-0.15, -0.1) is 0 Å². The fourth-order valence-electron chi connectivity index (χ4n) is 2.34. The number of carboxylic acids is 1. The van der Waals surface area contributed by atoms with Gasteiger partial charge in [-0.1, -0.05) is 49.4 Å². The van der Waals surface area contributed by atoms with E-state index in [-0.39, 0.29) is 12.5 Å². The highest BCUT2D eigenvalue weighted by atomic mass is 16.4. The Bertz CT molecular complexity index is 646. The van der Waals surface area contributed by atoms with Crippen LogP contribution in [0.25, 0.3) is 10.8 Å². The van der Waals surface area contributed by atoms with Crippen molar-refractivity contribution in [3.63, 3.8) is 0 Å². The largest absolute Gasteiger partial charge is 0.481 e. The molecule has 4 nitrogen and oxygen atoms in total. The molecule has 4 heteroatoms. The van der Waals surface area contributed by atoms with Gasteiger partial charge < -0.3 is 10.4 Å². The smallest absolute Gasteiger partial charge is 0.308 e. The molecule has 0 saturated heterocycles. The number of benzene rings is 2. The lowest BCUT2D eigenvalue weighted by Crippen LogP contribution is -2.33. The highest BCUT2D eigenvalue weighted by Crippen LogP contribution is 2.21.